The van der Waals surface area contributed by atoms with Crippen LogP contribution in [0, 0.1) is 5.92 Å². The fourth-order valence-electron chi connectivity index (χ4n) is 3.74. The van der Waals surface area contributed by atoms with Crippen molar-refractivity contribution in [2.45, 2.75) is 31.5 Å². The molecule has 4 rings (SSSR count). The number of rotatable bonds is 5. The molecule has 0 unspecified atom stereocenters. The molecule has 1 aliphatic carbocycles. The first kappa shape index (κ1) is 21.2. The molecule has 3 aromatic rings. The molecule has 2 N–H and O–H groups in total. The lowest BCUT2D eigenvalue weighted by Crippen LogP contribution is -2.29. The molecule has 1 aromatic carbocycles. The third kappa shape index (κ3) is 3.97. The predicted octanol–water partition coefficient (Wildman–Crippen LogP) is 4.58. The minimum atomic E-state index is -4.83. The largest absolute Gasteiger partial charge is 0.418 e. The van der Waals surface area contributed by atoms with E-state index in [4.69, 9.17) is 0 Å². The number of alkyl halides is 5. The van der Waals surface area contributed by atoms with Gasteiger partial charge in [0, 0.05) is 23.8 Å². The van der Waals surface area contributed by atoms with Crippen LogP contribution in [0.1, 0.15) is 46.9 Å². The van der Waals surface area contributed by atoms with E-state index in [0.29, 0.717) is 29.8 Å². The van der Waals surface area contributed by atoms with Crippen LogP contribution in [-0.4, -0.2) is 32.4 Å². The maximum absolute atomic E-state index is 13.7. The molecular formula is C20H17F5N4O2. The Balaban J connectivity index is 1.68. The average Bonchev–Trinajstić information content (AvgIpc) is 3.08. The van der Waals surface area contributed by atoms with Crippen molar-refractivity contribution in [1.82, 2.24) is 14.8 Å². The van der Waals surface area contributed by atoms with E-state index in [1.807, 2.05) is 0 Å². The lowest BCUT2D eigenvalue weighted by atomic mass is 9.81. The van der Waals surface area contributed by atoms with Gasteiger partial charge in [-0.1, -0.05) is 0 Å². The van der Waals surface area contributed by atoms with Crippen molar-refractivity contribution >= 4 is 22.5 Å². The standard InChI is InChI=1S/C20H17F5N4O2/c21-18(22)13-7-16-11(8-27-29(16)12-4-10(5-12)9-30)6-15(13)28-19(31)17-14(20(23,24)25)2-1-3-26-17/h1-3,6-8,10,12,18,30H,4-5,9H2,(H,28,31). The number of hydrogen-bond acceptors (Lipinski definition) is 4. The van der Waals surface area contributed by atoms with Crippen molar-refractivity contribution in [2.75, 3.05) is 11.9 Å². The Labute approximate surface area is 172 Å². The van der Waals surface area contributed by atoms with Gasteiger partial charge >= 0.3 is 6.18 Å². The number of pyridine rings is 1. The average molecular weight is 440 g/mol. The second-order valence-corrected chi connectivity index (χ2v) is 7.41. The van der Waals surface area contributed by atoms with Crippen LogP contribution in [0.3, 0.4) is 0 Å². The number of carbonyl (C=O) groups is 1. The minimum Gasteiger partial charge on any atom is -0.396 e. The number of carbonyl (C=O) groups excluding carboxylic acids is 1. The van der Waals surface area contributed by atoms with Gasteiger partial charge in [0.2, 0.25) is 0 Å². The van der Waals surface area contributed by atoms with Crippen molar-refractivity contribution in [3.8, 4) is 0 Å². The predicted molar refractivity (Wildman–Crippen MR) is 101 cm³/mol. The molecule has 31 heavy (non-hydrogen) atoms. The fourth-order valence-corrected chi connectivity index (χ4v) is 3.74. The van der Waals surface area contributed by atoms with Gasteiger partial charge in [-0.3, -0.25) is 14.5 Å². The second-order valence-electron chi connectivity index (χ2n) is 7.41. The van der Waals surface area contributed by atoms with Crippen molar-refractivity contribution in [3.05, 3.63) is 53.5 Å². The molecule has 1 fully saturated rings. The maximum atomic E-state index is 13.7. The highest BCUT2D eigenvalue weighted by Gasteiger charge is 2.36. The highest BCUT2D eigenvalue weighted by atomic mass is 19.4. The Kier molecular flexibility index (Phi) is 5.38. The topological polar surface area (TPSA) is 80.0 Å². The number of aliphatic hydroxyl groups excluding tert-OH is 1. The molecule has 6 nitrogen and oxygen atoms in total. The summed E-state index contributed by atoms with van der Waals surface area (Å²) in [5.74, 6) is -1.11. The lowest BCUT2D eigenvalue weighted by Gasteiger charge is -2.34. The first-order chi connectivity index (χ1) is 14.7. The SMILES string of the molecule is O=C(Nc1cc2cnn(C3CC(CO)C3)c2cc1C(F)F)c1ncccc1C(F)(F)F. The van der Waals surface area contributed by atoms with E-state index in [1.54, 1.807) is 4.68 Å². The third-order valence-electron chi connectivity index (χ3n) is 5.39. The van der Waals surface area contributed by atoms with E-state index in [2.05, 4.69) is 15.4 Å². The van der Waals surface area contributed by atoms with E-state index < -0.39 is 35.3 Å². The van der Waals surface area contributed by atoms with Crippen LogP contribution in [0.15, 0.2) is 36.7 Å². The zero-order valence-corrected chi connectivity index (χ0v) is 15.9. The normalized spacial score (nSPS) is 18.9. The monoisotopic (exact) mass is 440 g/mol. The summed E-state index contributed by atoms with van der Waals surface area (Å²) >= 11 is 0. The number of aromatic nitrogens is 3. The maximum Gasteiger partial charge on any atom is 0.418 e. The number of hydrogen-bond donors (Lipinski definition) is 2. The van der Waals surface area contributed by atoms with Crippen molar-refractivity contribution in [3.63, 3.8) is 0 Å². The summed E-state index contributed by atoms with van der Waals surface area (Å²) < 4.78 is 68.5. The van der Waals surface area contributed by atoms with Crippen LogP contribution in [0.25, 0.3) is 10.9 Å². The first-order valence-electron chi connectivity index (χ1n) is 9.42. The second kappa shape index (κ2) is 7.88. The van der Waals surface area contributed by atoms with Crippen LogP contribution in [0.5, 0.6) is 0 Å². The molecule has 0 bridgehead atoms. The molecule has 1 saturated carbocycles. The van der Waals surface area contributed by atoms with Crippen LogP contribution >= 0.6 is 0 Å². The summed E-state index contributed by atoms with van der Waals surface area (Å²) in [6.07, 6.45) is -4.03. The Morgan fingerprint density at radius 3 is 2.68 bits per heavy atom. The van der Waals surface area contributed by atoms with E-state index in [-0.39, 0.29) is 24.3 Å². The zero-order chi connectivity index (χ0) is 22.3. The van der Waals surface area contributed by atoms with E-state index in [9.17, 15) is 31.9 Å². The number of fused-ring (bicyclic) bond motifs is 1. The number of benzene rings is 1. The number of nitrogens with zero attached hydrogens (tertiary/aromatic N) is 3. The Hall–Kier alpha value is -3.08. The smallest absolute Gasteiger partial charge is 0.396 e. The van der Waals surface area contributed by atoms with Crippen LogP contribution < -0.4 is 5.32 Å². The quantitative estimate of drug-likeness (QED) is 0.569. The molecule has 2 aromatic heterocycles. The number of nitrogens with one attached hydrogen (secondary N) is 1. The van der Waals surface area contributed by atoms with Gasteiger partial charge < -0.3 is 10.4 Å². The van der Waals surface area contributed by atoms with E-state index in [0.717, 1.165) is 12.3 Å². The summed E-state index contributed by atoms with van der Waals surface area (Å²) in [6.45, 7) is 0.0433. The summed E-state index contributed by atoms with van der Waals surface area (Å²) in [4.78, 5) is 16.0. The number of aliphatic hydroxyl groups is 1. The van der Waals surface area contributed by atoms with Crippen LogP contribution in [0.2, 0.25) is 0 Å². The number of halogens is 5. The molecule has 1 aliphatic rings. The van der Waals surface area contributed by atoms with Gasteiger partial charge in [0.15, 0.2) is 0 Å². The van der Waals surface area contributed by atoms with Gasteiger partial charge in [0.1, 0.15) is 5.69 Å². The van der Waals surface area contributed by atoms with Crippen molar-refractivity contribution in [1.29, 1.82) is 0 Å². The number of amides is 1. The Bertz CT molecular complexity index is 1120. The molecule has 0 aliphatic heterocycles. The first-order valence-corrected chi connectivity index (χ1v) is 9.42. The third-order valence-corrected chi connectivity index (χ3v) is 5.39. The summed E-state index contributed by atoms with van der Waals surface area (Å²) in [5, 5.41) is 16.0. The molecule has 2 heterocycles. The van der Waals surface area contributed by atoms with E-state index >= 15 is 0 Å². The van der Waals surface area contributed by atoms with Gasteiger partial charge in [0.05, 0.1) is 29.0 Å². The van der Waals surface area contributed by atoms with Gasteiger partial charge in [0.25, 0.3) is 12.3 Å². The van der Waals surface area contributed by atoms with Gasteiger partial charge in [-0.25, -0.2) is 8.78 Å². The zero-order valence-electron chi connectivity index (χ0n) is 15.9. The van der Waals surface area contributed by atoms with Crippen molar-refractivity contribution in [2.24, 2.45) is 5.92 Å². The molecule has 11 heteroatoms. The Morgan fingerprint density at radius 1 is 1.29 bits per heavy atom. The highest BCUT2D eigenvalue weighted by molar-refractivity contribution is 6.05. The molecule has 0 spiro atoms. The molecule has 164 valence electrons. The van der Waals surface area contributed by atoms with E-state index in [1.165, 1.54) is 18.3 Å². The molecular weight excluding hydrogens is 423 g/mol. The Morgan fingerprint density at radius 2 is 2.03 bits per heavy atom. The molecule has 1 amide bonds. The summed E-state index contributed by atoms with van der Waals surface area (Å²) in [7, 11) is 0. The van der Waals surface area contributed by atoms with Crippen LogP contribution in [-0.2, 0) is 6.18 Å². The summed E-state index contributed by atoms with van der Waals surface area (Å²) in [5.41, 5.74) is -2.60. The fraction of sp³-hybridized carbons (Fsp3) is 0.350. The lowest BCUT2D eigenvalue weighted by molar-refractivity contribution is -0.138. The highest BCUT2D eigenvalue weighted by Crippen LogP contribution is 2.40. The molecule has 0 radical (unpaired) electrons. The van der Waals surface area contributed by atoms with Crippen molar-refractivity contribution < 1.29 is 31.9 Å². The summed E-state index contributed by atoms with van der Waals surface area (Å²) in [6, 6.07) is 4.13. The van der Waals surface area contributed by atoms with Crippen LogP contribution in [0.4, 0.5) is 27.6 Å². The van der Waals surface area contributed by atoms with Gasteiger partial charge in [-0.2, -0.15) is 18.3 Å². The van der Waals surface area contributed by atoms with Gasteiger partial charge in [-0.15, -0.1) is 0 Å². The number of anilines is 1. The molecule has 0 atom stereocenters. The minimum absolute atomic E-state index is 0.0384. The molecule has 0 saturated heterocycles. The van der Waals surface area contributed by atoms with Gasteiger partial charge in [-0.05, 0) is 43.0 Å².